The maximum atomic E-state index is 12.5. The summed E-state index contributed by atoms with van der Waals surface area (Å²) in [6.45, 7) is 7.69. The molecule has 0 aromatic heterocycles. The van der Waals surface area contributed by atoms with Crippen molar-refractivity contribution >= 4 is 11.8 Å². The minimum atomic E-state index is -0.550. The van der Waals surface area contributed by atoms with Crippen LogP contribution < -0.4 is 10.6 Å². The summed E-state index contributed by atoms with van der Waals surface area (Å²) in [4.78, 5) is 24.8. The number of aliphatic hydroxyl groups is 1. The Labute approximate surface area is 175 Å². The van der Waals surface area contributed by atoms with E-state index in [1.807, 2.05) is 6.92 Å². The van der Waals surface area contributed by atoms with Gasteiger partial charge in [-0.3, -0.25) is 9.59 Å². The lowest BCUT2D eigenvalue weighted by Crippen LogP contribution is -2.58. The van der Waals surface area contributed by atoms with Gasteiger partial charge in [-0.2, -0.15) is 0 Å². The second-order valence-corrected chi connectivity index (χ2v) is 9.26. The van der Waals surface area contributed by atoms with E-state index in [0.717, 1.165) is 25.7 Å². The summed E-state index contributed by atoms with van der Waals surface area (Å²) in [6.07, 6.45) is 3.57. The van der Waals surface area contributed by atoms with E-state index in [9.17, 15) is 14.7 Å². The zero-order valence-electron chi connectivity index (χ0n) is 18.7. The summed E-state index contributed by atoms with van der Waals surface area (Å²) in [5.74, 6) is -0.127. The van der Waals surface area contributed by atoms with E-state index in [4.69, 9.17) is 9.47 Å². The largest absolute Gasteiger partial charge is 0.392 e. The van der Waals surface area contributed by atoms with Crippen molar-refractivity contribution in [2.45, 2.75) is 65.0 Å². The molecule has 2 aliphatic rings. The molecule has 0 radical (unpaired) electrons. The Bertz CT molecular complexity index is 557. The monoisotopic (exact) mass is 412 g/mol. The van der Waals surface area contributed by atoms with Crippen LogP contribution in [0.5, 0.6) is 0 Å². The molecule has 3 N–H and O–H groups in total. The van der Waals surface area contributed by atoms with Gasteiger partial charge in [-0.15, -0.1) is 0 Å². The van der Waals surface area contributed by atoms with Crippen molar-refractivity contribution in [3.05, 3.63) is 0 Å². The minimum Gasteiger partial charge on any atom is -0.392 e. The third kappa shape index (κ3) is 5.70. The lowest BCUT2D eigenvalue weighted by Gasteiger charge is -2.56. The fraction of sp³-hybridized carbons (Fsp3) is 0.909. The third-order valence-electron chi connectivity index (χ3n) is 7.43. The van der Waals surface area contributed by atoms with Crippen LogP contribution in [0.4, 0.5) is 0 Å². The standard InChI is InChI=1S/C22H40N2O5/c1-14(21(27)23-11-13-29-5)16-6-9-22(3)10-7-17(15(2)19(22)20(16)26)24-18(25)8-12-28-4/h14-17,19-20,26H,6-13H2,1-5H3,(H,23,27)(H,24,25). The smallest absolute Gasteiger partial charge is 0.223 e. The van der Waals surface area contributed by atoms with Crippen molar-refractivity contribution in [2.24, 2.45) is 29.1 Å². The number of hydrogen-bond donors (Lipinski definition) is 3. The van der Waals surface area contributed by atoms with Crippen LogP contribution in [0, 0.1) is 29.1 Å². The van der Waals surface area contributed by atoms with Gasteiger partial charge in [0.25, 0.3) is 0 Å². The molecule has 2 fully saturated rings. The maximum Gasteiger partial charge on any atom is 0.223 e. The molecule has 0 aromatic carbocycles. The van der Waals surface area contributed by atoms with Gasteiger partial charge in [0.1, 0.15) is 0 Å². The summed E-state index contributed by atoms with van der Waals surface area (Å²) in [5, 5.41) is 17.4. The molecule has 168 valence electrons. The Balaban J connectivity index is 2.05. The fourth-order valence-corrected chi connectivity index (χ4v) is 5.60. The van der Waals surface area contributed by atoms with Crippen LogP contribution in [0.25, 0.3) is 0 Å². The predicted molar refractivity (Wildman–Crippen MR) is 111 cm³/mol. The Morgan fingerprint density at radius 3 is 2.48 bits per heavy atom. The Hall–Kier alpha value is -1.18. The quantitative estimate of drug-likeness (QED) is 0.501. The van der Waals surface area contributed by atoms with Gasteiger partial charge in [-0.25, -0.2) is 0 Å². The molecule has 7 nitrogen and oxygen atoms in total. The van der Waals surface area contributed by atoms with E-state index in [2.05, 4.69) is 24.5 Å². The molecule has 7 unspecified atom stereocenters. The van der Waals surface area contributed by atoms with Gasteiger partial charge >= 0.3 is 0 Å². The molecule has 7 atom stereocenters. The molecule has 2 aliphatic carbocycles. The van der Waals surface area contributed by atoms with Crippen molar-refractivity contribution in [3.8, 4) is 0 Å². The molecule has 0 bridgehead atoms. The molecular formula is C22H40N2O5. The number of carbonyl (C=O) groups is 2. The zero-order valence-corrected chi connectivity index (χ0v) is 18.7. The highest BCUT2D eigenvalue weighted by atomic mass is 16.5. The number of nitrogens with one attached hydrogen (secondary N) is 2. The Morgan fingerprint density at radius 1 is 1.17 bits per heavy atom. The van der Waals surface area contributed by atoms with Gasteiger partial charge in [-0.05, 0) is 48.9 Å². The lowest BCUT2D eigenvalue weighted by atomic mass is 9.51. The van der Waals surface area contributed by atoms with E-state index in [0.29, 0.717) is 26.2 Å². The van der Waals surface area contributed by atoms with Crippen LogP contribution in [0.15, 0.2) is 0 Å². The molecule has 0 aliphatic heterocycles. The highest BCUT2D eigenvalue weighted by Gasteiger charge is 2.53. The van der Waals surface area contributed by atoms with Crippen LogP contribution in [-0.4, -0.2) is 63.0 Å². The molecule has 2 amide bonds. The average molecular weight is 413 g/mol. The number of hydrogen-bond acceptors (Lipinski definition) is 5. The predicted octanol–water partition coefficient (Wildman–Crippen LogP) is 1.73. The zero-order chi connectivity index (χ0) is 21.6. The molecule has 2 saturated carbocycles. The van der Waals surface area contributed by atoms with E-state index in [-0.39, 0.29) is 46.9 Å². The number of fused-ring (bicyclic) bond motifs is 1. The molecule has 29 heavy (non-hydrogen) atoms. The van der Waals surface area contributed by atoms with E-state index < -0.39 is 6.10 Å². The summed E-state index contributed by atoms with van der Waals surface area (Å²) in [5.41, 5.74) is 0.0509. The van der Waals surface area contributed by atoms with Crippen LogP contribution in [-0.2, 0) is 19.1 Å². The van der Waals surface area contributed by atoms with Gasteiger partial charge < -0.3 is 25.2 Å². The molecule has 7 heteroatoms. The first kappa shape index (κ1) is 24.1. The molecular weight excluding hydrogens is 372 g/mol. The second kappa shape index (κ2) is 10.7. The molecule has 0 saturated heterocycles. The number of amides is 2. The van der Waals surface area contributed by atoms with Crippen molar-refractivity contribution < 1.29 is 24.2 Å². The Kier molecular flexibility index (Phi) is 8.91. The van der Waals surface area contributed by atoms with Gasteiger partial charge in [0.15, 0.2) is 0 Å². The average Bonchev–Trinajstić information content (AvgIpc) is 2.68. The van der Waals surface area contributed by atoms with Gasteiger partial charge in [0, 0.05) is 39.1 Å². The number of aliphatic hydroxyl groups excluding tert-OH is 1. The summed E-state index contributed by atoms with van der Waals surface area (Å²) >= 11 is 0. The van der Waals surface area contributed by atoms with Crippen LogP contribution in [0.3, 0.4) is 0 Å². The van der Waals surface area contributed by atoms with Crippen molar-refractivity contribution in [1.82, 2.24) is 10.6 Å². The fourth-order valence-electron chi connectivity index (χ4n) is 5.60. The van der Waals surface area contributed by atoms with Crippen molar-refractivity contribution in [3.63, 3.8) is 0 Å². The highest BCUT2D eigenvalue weighted by Crippen LogP contribution is 2.55. The van der Waals surface area contributed by atoms with Gasteiger partial charge in [-0.1, -0.05) is 20.8 Å². The second-order valence-electron chi connectivity index (χ2n) is 9.26. The van der Waals surface area contributed by atoms with Gasteiger partial charge in [0.2, 0.25) is 11.8 Å². The van der Waals surface area contributed by atoms with E-state index in [1.54, 1.807) is 14.2 Å². The normalized spacial score (nSPS) is 35.4. The number of methoxy groups -OCH3 is 2. The third-order valence-corrected chi connectivity index (χ3v) is 7.43. The minimum absolute atomic E-state index is 0.0000382. The van der Waals surface area contributed by atoms with E-state index >= 15 is 0 Å². The number of ether oxygens (including phenoxy) is 2. The first-order valence-corrected chi connectivity index (χ1v) is 11.0. The topological polar surface area (TPSA) is 96.9 Å². The van der Waals surface area contributed by atoms with Crippen LogP contribution >= 0.6 is 0 Å². The first-order chi connectivity index (χ1) is 13.7. The molecule has 0 spiro atoms. The van der Waals surface area contributed by atoms with Gasteiger partial charge in [0.05, 0.1) is 19.3 Å². The van der Waals surface area contributed by atoms with Crippen LogP contribution in [0.2, 0.25) is 0 Å². The SMILES string of the molecule is COCCNC(=O)C(C)C1CCC2(C)CCC(NC(=O)CCOC)C(C)C2C1O. The molecule has 0 heterocycles. The number of carbonyl (C=O) groups excluding carboxylic acids is 2. The summed E-state index contributed by atoms with van der Waals surface area (Å²) in [7, 11) is 3.20. The highest BCUT2D eigenvalue weighted by molar-refractivity contribution is 5.78. The maximum absolute atomic E-state index is 12.5. The first-order valence-electron chi connectivity index (χ1n) is 11.0. The van der Waals surface area contributed by atoms with E-state index in [1.165, 1.54) is 0 Å². The number of rotatable bonds is 9. The molecule has 0 aromatic rings. The van der Waals surface area contributed by atoms with Crippen molar-refractivity contribution in [2.75, 3.05) is 34.0 Å². The van der Waals surface area contributed by atoms with Crippen molar-refractivity contribution in [1.29, 1.82) is 0 Å². The summed E-state index contributed by atoms with van der Waals surface area (Å²) < 4.78 is 10.00. The summed E-state index contributed by atoms with van der Waals surface area (Å²) in [6, 6.07) is 0.0525. The molecule has 2 rings (SSSR count). The Morgan fingerprint density at radius 2 is 1.83 bits per heavy atom. The van der Waals surface area contributed by atoms with Crippen LogP contribution in [0.1, 0.15) is 52.9 Å². The lowest BCUT2D eigenvalue weighted by molar-refractivity contribution is -0.144.